The summed E-state index contributed by atoms with van der Waals surface area (Å²) in [5.41, 5.74) is 0. The Balaban J connectivity index is 1.78. The van der Waals surface area contributed by atoms with Gasteiger partial charge in [-0.05, 0) is 37.0 Å². The van der Waals surface area contributed by atoms with Gasteiger partial charge in [-0.25, -0.2) is 0 Å². The average molecular weight is 301 g/mol. The third kappa shape index (κ3) is 3.08. The highest BCUT2D eigenvalue weighted by Gasteiger charge is 2.33. The number of piperidine rings is 1. The van der Waals surface area contributed by atoms with E-state index in [1.807, 2.05) is 29.3 Å². The second-order valence-electron chi connectivity index (χ2n) is 6.09. The maximum Gasteiger partial charge on any atom is 0.244 e. The molecule has 0 unspecified atom stereocenters. The Bertz CT molecular complexity index is 618. The highest BCUT2D eigenvalue weighted by molar-refractivity contribution is 5.76. The smallest absolute Gasteiger partial charge is 0.244 e. The van der Waals surface area contributed by atoms with E-state index in [1.165, 1.54) is 0 Å². The van der Waals surface area contributed by atoms with Crippen molar-refractivity contribution in [3.8, 4) is 0 Å². The molecule has 1 aliphatic heterocycles. The molecule has 1 amide bonds. The Kier molecular flexibility index (Phi) is 4.32. The number of hydrogen-bond donors (Lipinski definition) is 0. The van der Waals surface area contributed by atoms with Gasteiger partial charge >= 0.3 is 0 Å². The Hall–Kier alpha value is -2.04. The second kappa shape index (κ2) is 6.38. The second-order valence-corrected chi connectivity index (χ2v) is 6.09. The summed E-state index contributed by atoms with van der Waals surface area (Å²) < 4.78 is 7.60. The Morgan fingerprint density at radius 3 is 3.00 bits per heavy atom. The van der Waals surface area contributed by atoms with Gasteiger partial charge in [-0.1, -0.05) is 13.8 Å². The van der Waals surface area contributed by atoms with Gasteiger partial charge in [0.25, 0.3) is 0 Å². The molecule has 22 heavy (non-hydrogen) atoms. The molecule has 1 aliphatic rings. The van der Waals surface area contributed by atoms with Crippen LogP contribution in [0.3, 0.4) is 0 Å². The summed E-state index contributed by atoms with van der Waals surface area (Å²) in [5, 5.41) is 4.13. The van der Waals surface area contributed by atoms with E-state index < -0.39 is 0 Å². The van der Waals surface area contributed by atoms with Gasteiger partial charge in [0.1, 0.15) is 18.1 Å². The SMILES string of the molecule is CCc1ccc([C@H]2C[C@@H](C)CCN2C(=O)Cn2cccn2)o1. The fraction of sp³-hybridized carbons (Fsp3) is 0.529. The van der Waals surface area contributed by atoms with Gasteiger partial charge in [0, 0.05) is 25.4 Å². The molecule has 2 aromatic heterocycles. The lowest BCUT2D eigenvalue weighted by molar-refractivity contribution is -0.137. The number of nitrogens with zero attached hydrogens (tertiary/aromatic N) is 3. The van der Waals surface area contributed by atoms with Gasteiger partial charge in [-0.2, -0.15) is 5.10 Å². The van der Waals surface area contributed by atoms with Crippen molar-refractivity contribution in [3.63, 3.8) is 0 Å². The van der Waals surface area contributed by atoms with Crippen molar-refractivity contribution in [2.45, 2.75) is 45.7 Å². The molecule has 0 saturated carbocycles. The summed E-state index contributed by atoms with van der Waals surface area (Å²) in [4.78, 5) is 14.6. The van der Waals surface area contributed by atoms with Crippen LogP contribution in [-0.4, -0.2) is 27.1 Å². The summed E-state index contributed by atoms with van der Waals surface area (Å²) in [5.74, 6) is 2.61. The van der Waals surface area contributed by atoms with Crippen LogP contribution in [0, 0.1) is 5.92 Å². The van der Waals surface area contributed by atoms with Crippen LogP contribution >= 0.6 is 0 Å². The monoisotopic (exact) mass is 301 g/mol. The molecule has 0 N–H and O–H groups in total. The van der Waals surface area contributed by atoms with Crippen molar-refractivity contribution in [2.24, 2.45) is 5.92 Å². The first-order valence-electron chi connectivity index (χ1n) is 8.03. The molecule has 3 rings (SSSR count). The summed E-state index contributed by atoms with van der Waals surface area (Å²) in [6, 6.07) is 5.93. The van der Waals surface area contributed by atoms with Crippen molar-refractivity contribution in [1.29, 1.82) is 0 Å². The molecule has 5 heteroatoms. The quantitative estimate of drug-likeness (QED) is 0.872. The molecule has 1 fully saturated rings. The number of rotatable bonds is 4. The third-order valence-corrected chi connectivity index (χ3v) is 4.40. The van der Waals surface area contributed by atoms with Crippen LogP contribution in [0.1, 0.15) is 44.3 Å². The maximum absolute atomic E-state index is 12.7. The fourth-order valence-corrected chi connectivity index (χ4v) is 3.10. The molecule has 0 radical (unpaired) electrons. The van der Waals surface area contributed by atoms with E-state index in [-0.39, 0.29) is 11.9 Å². The number of aryl methyl sites for hydroxylation is 1. The highest BCUT2D eigenvalue weighted by Crippen LogP contribution is 2.35. The number of hydrogen-bond acceptors (Lipinski definition) is 3. The van der Waals surface area contributed by atoms with Crippen LogP contribution < -0.4 is 0 Å². The number of carbonyl (C=O) groups is 1. The lowest BCUT2D eigenvalue weighted by Crippen LogP contribution is -2.42. The van der Waals surface area contributed by atoms with Crippen molar-refractivity contribution in [2.75, 3.05) is 6.54 Å². The van der Waals surface area contributed by atoms with Crippen LogP contribution in [0.4, 0.5) is 0 Å². The summed E-state index contributed by atoms with van der Waals surface area (Å²) in [6.45, 7) is 5.39. The molecule has 2 atom stereocenters. The van der Waals surface area contributed by atoms with Crippen LogP contribution in [0.15, 0.2) is 35.0 Å². The Morgan fingerprint density at radius 1 is 1.45 bits per heavy atom. The molecule has 3 heterocycles. The Morgan fingerprint density at radius 2 is 2.32 bits per heavy atom. The molecular formula is C17H23N3O2. The molecular weight excluding hydrogens is 278 g/mol. The van der Waals surface area contributed by atoms with E-state index >= 15 is 0 Å². The van der Waals surface area contributed by atoms with E-state index in [2.05, 4.69) is 18.9 Å². The van der Waals surface area contributed by atoms with Crippen molar-refractivity contribution >= 4 is 5.91 Å². The van der Waals surface area contributed by atoms with Gasteiger partial charge in [0.15, 0.2) is 0 Å². The van der Waals surface area contributed by atoms with E-state index in [1.54, 1.807) is 10.9 Å². The van der Waals surface area contributed by atoms with Gasteiger partial charge in [0.2, 0.25) is 5.91 Å². The number of likely N-dealkylation sites (tertiary alicyclic amines) is 1. The number of furan rings is 1. The molecule has 0 bridgehead atoms. The van der Waals surface area contributed by atoms with Gasteiger partial charge in [-0.3, -0.25) is 9.48 Å². The van der Waals surface area contributed by atoms with E-state index in [0.717, 1.165) is 37.3 Å². The molecule has 0 aliphatic carbocycles. The zero-order valence-electron chi connectivity index (χ0n) is 13.2. The van der Waals surface area contributed by atoms with Crippen molar-refractivity contribution in [1.82, 2.24) is 14.7 Å². The van der Waals surface area contributed by atoms with Gasteiger partial charge < -0.3 is 9.32 Å². The lowest BCUT2D eigenvalue weighted by atomic mass is 9.91. The summed E-state index contributed by atoms with van der Waals surface area (Å²) in [7, 11) is 0. The lowest BCUT2D eigenvalue weighted by Gasteiger charge is -2.37. The van der Waals surface area contributed by atoms with Gasteiger partial charge in [-0.15, -0.1) is 0 Å². The fourth-order valence-electron chi connectivity index (χ4n) is 3.10. The predicted octanol–water partition coefficient (Wildman–Crippen LogP) is 3.04. The number of aromatic nitrogens is 2. The van der Waals surface area contributed by atoms with E-state index in [4.69, 9.17) is 4.42 Å². The zero-order chi connectivity index (χ0) is 15.5. The van der Waals surface area contributed by atoms with Crippen LogP contribution in [0.5, 0.6) is 0 Å². The molecule has 0 aromatic carbocycles. The third-order valence-electron chi connectivity index (χ3n) is 4.40. The molecule has 5 nitrogen and oxygen atoms in total. The van der Waals surface area contributed by atoms with Crippen molar-refractivity contribution in [3.05, 3.63) is 42.1 Å². The Labute approximate surface area is 130 Å². The number of amides is 1. The average Bonchev–Trinajstić information content (AvgIpc) is 3.18. The minimum atomic E-state index is 0.0483. The maximum atomic E-state index is 12.7. The van der Waals surface area contributed by atoms with Crippen molar-refractivity contribution < 1.29 is 9.21 Å². The standard InChI is InChI=1S/C17H23N3O2/c1-3-14-5-6-16(22-14)15-11-13(2)7-10-20(15)17(21)12-19-9-4-8-18-19/h4-6,8-9,13,15H,3,7,10-12H2,1-2H3/t13-,15+/m0/s1. The first kappa shape index (κ1) is 14.9. The molecule has 118 valence electrons. The zero-order valence-corrected chi connectivity index (χ0v) is 13.2. The minimum Gasteiger partial charge on any atom is -0.464 e. The normalized spacial score (nSPS) is 22.0. The molecule has 1 saturated heterocycles. The van der Waals surface area contributed by atoms with E-state index in [0.29, 0.717) is 12.5 Å². The van der Waals surface area contributed by atoms with E-state index in [9.17, 15) is 4.79 Å². The highest BCUT2D eigenvalue weighted by atomic mass is 16.3. The molecule has 2 aromatic rings. The topological polar surface area (TPSA) is 51.3 Å². The van der Waals surface area contributed by atoms with Crippen LogP contribution in [0.2, 0.25) is 0 Å². The number of carbonyl (C=O) groups excluding carboxylic acids is 1. The molecule has 0 spiro atoms. The first-order valence-corrected chi connectivity index (χ1v) is 8.03. The summed E-state index contributed by atoms with van der Waals surface area (Å²) in [6.07, 6.45) is 6.40. The van der Waals surface area contributed by atoms with Crippen LogP contribution in [-0.2, 0) is 17.8 Å². The van der Waals surface area contributed by atoms with Crippen LogP contribution in [0.25, 0.3) is 0 Å². The first-order chi connectivity index (χ1) is 10.7. The summed E-state index contributed by atoms with van der Waals surface area (Å²) >= 11 is 0. The predicted molar refractivity (Wildman–Crippen MR) is 83.2 cm³/mol. The largest absolute Gasteiger partial charge is 0.464 e. The van der Waals surface area contributed by atoms with Gasteiger partial charge in [0.05, 0.1) is 6.04 Å². The minimum absolute atomic E-state index is 0.0483.